The van der Waals surface area contributed by atoms with Crippen LogP contribution in [0.1, 0.15) is 11.5 Å². The van der Waals surface area contributed by atoms with E-state index in [0.29, 0.717) is 24.3 Å². The highest BCUT2D eigenvalue weighted by atomic mass is 16.5. The number of hydrogen-bond acceptors (Lipinski definition) is 5. The van der Waals surface area contributed by atoms with E-state index in [0.717, 1.165) is 0 Å². The molecular formula is C7H9NO4. The summed E-state index contributed by atoms with van der Waals surface area (Å²) in [4.78, 5) is 9.75. The van der Waals surface area contributed by atoms with Gasteiger partial charge in [0.2, 0.25) is 0 Å². The van der Waals surface area contributed by atoms with Gasteiger partial charge in [-0.15, -0.1) is 0 Å². The number of hydrogen-bond donors (Lipinski definition) is 1. The number of carbonyl (C=O) groups excluding carboxylic acids is 1. The molecule has 0 unspecified atom stereocenters. The van der Waals surface area contributed by atoms with Gasteiger partial charge in [0.1, 0.15) is 6.61 Å². The van der Waals surface area contributed by atoms with E-state index in [4.69, 9.17) is 9.63 Å². The lowest BCUT2D eigenvalue weighted by Crippen LogP contribution is -1.96. The zero-order chi connectivity index (χ0) is 8.81. The average Bonchev–Trinajstić information content (AvgIpc) is 2.53. The second kappa shape index (κ2) is 4.50. The first-order valence-corrected chi connectivity index (χ1v) is 3.47. The lowest BCUT2D eigenvalue weighted by atomic mass is 10.3. The van der Waals surface area contributed by atoms with E-state index in [1.165, 1.54) is 0 Å². The molecule has 0 aromatic carbocycles. The molecule has 0 spiro atoms. The van der Waals surface area contributed by atoms with Crippen LogP contribution in [0.3, 0.4) is 0 Å². The highest BCUT2D eigenvalue weighted by Crippen LogP contribution is 2.03. The van der Waals surface area contributed by atoms with Gasteiger partial charge in [-0.3, -0.25) is 4.79 Å². The van der Waals surface area contributed by atoms with Gasteiger partial charge < -0.3 is 14.4 Å². The molecule has 5 nitrogen and oxygen atoms in total. The van der Waals surface area contributed by atoms with Gasteiger partial charge in [0.05, 0.1) is 12.3 Å². The number of aliphatic hydroxyl groups is 1. The molecule has 1 aromatic heterocycles. The molecule has 0 fully saturated rings. The van der Waals surface area contributed by atoms with Gasteiger partial charge in [-0.2, -0.15) is 0 Å². The van der Waals surface area contributed by atoms with Crippen LogP contribution < -0.4 is 0 Å². The van der Waals surface area contributed by atoms with Crippen LogP contribution in [0.25, 0.3) is 0 Å². The summed E-state index contributed by atoms with van der Waals surface area (Å²) in [6.45, 7) is 0.496. The van der Waals surface area contributed by atoms with Crippen LogP contribution in [0.2, 0.25) is 0 Å². The molecule has 1 heterocycles. The summed E-state index contributed by atoms with van der Waals surface area (Å²) in [7, 11) is 0. The van der Waals surface area contributed by atoms with E-state index in [9.17, 15) is 4.79 Å². The summed E-state index contributed by atoms with van der Waals surface area (Å²) < 4.78 is 9.16. The molecule has 1 aromatic rings. The Hall–Kier alpha value is -1.36. The van der Waals surface area contributed by atoms with Crippen LogP contribution in [0, 0.1) is 0 Å². The minimum Gasteiger partial charge on any atom is -0.467 e. The number of rotatable bonds is 5. The van der Waals surface area contributed by atoms with Crippen molar-refractivity contribution in [2.75, 3.05) is 6.61 Å². The molecule has 0 saturated carbocycles. The maximum atomic E-state index is 9.75. The molecule has 0 bridgehead atoms. The fourth-order valence-corrected chi connectivity index (χ4v) is 0.760. The Labute approximate surface area is 68.9 Å². The van der Waals surface area contributed by atoms with E-state index in [-0.39, 0.29) is 13.2 Å². The molecule has 1 rings (SSSR count). The molecule has 12 heavy (non-hydrogen) atoms. The molecule has 0 radical (unpaired) electrons. The highest BCUT2D eigenvalue weighted by molar-refractivity contribution is 5.36. The molecule has 0 aliphatic carbocycles. The summed E-state index contributed by atoms with van der Waals surface area (Å²) in [5.74, 6) is 0.413. The fourth-order valence-electron chi connectivity index (χ4n) is 0.760. The average molecular weight is 171 g/mol. The third-order valence-corrected chi connectivity index (χ3v) is 1.31. The van der Waals surface area contributed by atoms with Crippen LogP contribution in [0.5, 0.6) is 0 Å². The smallest absolute Gasteiger partial charge is 0.293 e. The topological polar surface area (TPSA) is 72.6 Å². The van der Waals surface area contributed by atoms with Crippen molar-refractivity contribution < 1.29 is 19.2 Å². The van der Waals surface area contributed by atoms with Gasteiger partial charge in [-0.1, -0.05) is 5.16 Å². The van der Waals surface area contributed by atoms with E-state index in [1.54, 1.807) is 6.07 Å². The predicted molar refractivity (Wildman–Crippen MR) is 38.1 cm³/mol. The summed E-state index contributed by atoms with van der Waals surface area (Å²) in [5.41, 5.74) is 0.668. The molecule has 0 atom stereocenters. The van der Waals surface area contributed by atoms with Crippen molar-refractivity contribution in [2.45, 2.75) is 13.0 Å². The predicted octanol–water partition coefficient (Wildman–Crippen LogP) is -0.118. The number of carbonyl (C=O) groups is 1. The molecule has 0 aliphatic rings. The summed E-state index contributed by atoms with van der Waals surface area (Å²) in [6, 6.07) is 1.62. The van der Waals surface area contributed by atoms with Gasteiger partial charge in [0, 0.05) is 12.5 Å². The van der Waals surface area contributed by atoms with E-state index in [1.807, 2.05) is 0 Å². The maximum Gasteiger partial charge on any atom is 0.293 e. The molecule has 0 amide bonds. The molecule has 1 N–H and O–H groups in total. The van der Waals surface area contributed by atoms with Crippen molar-refractivity contribution >= 4 is 6.47 Å². The summed E-state index contributed by atoms with van der Waals surface area (Å²) in [5, 5.41) is 12.2. The number of aromatic nitrogens is 1. The van der Waals surface area contributed by atoms with Crippen molar-refractivity contribution in [1.82, 2.24) is 5.16 Å². The fraction of sp³-hybridized carbons (Fsp3) is 0.429. The van der Waals surface area contributed by atoms with Crippen LogP contribution in [0.15, 0.2) is 10.6 Å². The quantitative estimate of drug-likeness (QED) is 0.494. The van der Waals surface area contributed by atoms with Crippen molar-refractivity contribution in [3.63, 3.8) is 0 Å². The first-order valence-electron chi connectivity index (χ1n) is 3.47. The SMILES string of the molecule is O=COCCc1cc(CO)on1. The van der Waals surface area contributed by atoms with Crippen LogP contribution in [-0.2, 0) is 22.6 Å². The molecule has 66 valence electrons. The van der Waals surface area contributed by atoms with Crippen LogP contribution >= 0.6 is 0 Å². The third-order valence-electron chi connectivity index (χ3n) is 1.31. The van der Waals surface area contributed by atoms with Crippen molar-refractivity contribution in [3.05, 3.63) is 17.5 Å². The first-order chi connectivity index (χ1) is 5.86. The normalized spacial score (nSPS) is 9.75. The van der Waals surface area contributed by atoms with Crippen molar-refractivity contribution in [3.8, 4) is 0 Å². The second-order valence-electron chi connectivity index (χ2n) is 2.16. The van der Waals surface area contributed by atoms with E-state index in [2.05, 4.69) is 9.89 Å². The van der Waals surface area contributed by atoms with Gasteiger partial charge in [-0.25, -0.2) is 0 Å². The third kappa shape index (κ3) is 2.35. The van der Waals surface area contributed by atoms with Crippen LogP contribution in [0.4, 0.5) is 0 Å². The number of ether oxygens (including phenoxy) is 1. The summed E-state index contributed by atoms with van der Waals surface area (Å²) in [6.07, 6.45) is 0.502. The minimum atomic E-state index is -0.165. The second-order valence-corrected chi connectivity index (χ2v) is 2.16. The number of aliphatic hydroxyl groups excluding tert-OH is 1. The Balaban J connectivity index is 2.36. The summed E-state index contributed by atoms with van der Waals surface area (Å²) >= 11 is 0. The Kier molecular flexibility index (Phi) is 3.28. The Morgan fingerprint density at radius 2 is 2.58 bits per heavy atom. The monoisotopic (exact) mass is 171 g/mol. The molecule has 0 saturated heterocycles. The maximum absolute atomic E-state index is 9.75. The van der Waals surface area contributed by atoms with Crippen LogP contribution in [-0.4, -0.2) is 23.3 Å². The minimum absolute atomic E-state index is 0.165. The van der Waals surface area contributed by atoms with E-state index < -0.39 is 0 Å². The zero-order valence-corrected chi connectivity index (χ0v) is 6.40. The lowest BCUT2D eigenvalue weighted by Gasteiger charge is -1.91. The van der Waals surface area contributed by atoms with E-state index >= 15 is 0 Å². The molecule has 0 aliphatic heterocycles. The van der Waals surface area contributed by atoms with Gasteiger partial charge in [0.25, 0.3) is 6.47 Å². The zero-order valence-electron chi connectivity index (χ0n) is 6.40. The first kappa shape index (κ1) is 8.73. The van der Waals surface area contributed by atoms with Crippen molar-refractivity contribution in [2.24, 2.45) is 0 Å². The molecule has 5 heteroatoms. The Bertz CT molecular complexity index is 245. The standard InChI is InChI=1S/C7H9NO4/c9-4-7-3-6(8-12-7)1-2-11-5-10/h3,5,9H,1-2,4H2. The Morgan fingerprint density at radius 1 is 1.75 bits per heavy atom. The Morgan fingerprint density at radius 3 is 3.17 bits per heavy atom. The van der Waals surface area contributed by atoms with Gasteiger partial charge >= 0.3 is 0 Å². The van der Waals surface area contributed by atoms with Crippen molar-refractivity contribution in [1.29, 1.82) is 0 Å². The highest BCUT2D eigenvalue weighted by Gasteiger charge is 2.01. The van der Waals surface area contributed by atoms with Gasteiger partial charge in [-0.05, 0) is 0 Å². The molecular weight excluding hydrogens is 162 g/mol. The lowest BCUT2D eigenvalue weighted by molar-refractivity contribution is -0.128. The largest absolute Gasteiger partial charge is 0.467 e. The van der Waals surface area contributed by atoms with Gasteiger partial charge in [0.15, 0.2) is 5.76 Å². The number of nitrogens with zero attached hydrogens (tertiary/aromatic N) is 1.